The lowest BCUT2D eigenvalue weighted by Crippen LogP contribution is -2.26. The van der Waals surface area contributed by atoms with Crippen molar-refractivity contribution >= 4 is 27.7 Å². The molecule has 2 heterocycles. The molecule has 0 unspecified atom stereocenters. The number of aromatic nitrogens is 2. The minimum Gasteiger partial charge on any atom is -0.342 e. The lowest BCUT2D eigenvalue weighted by molar-refractivity contribution is -0.127. The summed E-state index contributed by atoms with van der Waals surface area (Å²) in [5.74, 6) is 1.45. The van der Waals surface area contributed by atoms with E-state index in [1.807, 2.05) is 11.0 Å². The Balaban J connectivity index is 1.56. The molecule has 0 bridgehead atoms. The third-order valence-electron chi connectivity index (χ3n) is 6.25. The first-order valence-corrected chi connectivity index (χ1v) is 10.9. The molecule has 0 saturated carbocycles. The van der Waals surface area contributed by atoms with Crippen LogP contribution >= 0.6 is 0 Å². The number of carbonyl (C=O) groups excluding carboxylic acids is 1. The molecule has 4 heteroatoms. The fourth-order valence-electron chi connectivity index (χ4n) is 4.68. The molecule has 152 valence electrons. The number of amides is 1. The van der Waals surface area contributed by atoms with Crippen molar-refractivity contribution < 1.29 is 4.79 Å². The van der Waals surface area contributed by atoms with Gasteiger partial charge in [-0.2, -0.15) is 0 Å². The van der Waals surface area contributed by atoms with E-state index in [9.17, 15) is 4.79 Å². The summed E-state index contributed by atoms with van der Waals surface area (Å²) in [6, 6.07) is 23.3. The molecule has 0 N–H and O–H groups in total. The van der Waals surface area contributed by atoms with Crippen molar-refractivity contribution in [1.29, 1.82) is 0 Å². The summed E-state index contributed by atoms with van der Waals surface area (Å²) >= 11 is 0. The predicted octanol–water partition coefficient (Wildman–Crippen LogP) is 5.35. The van der Waals surface area contributed by atoms with Gasteiger partial charge in [0.25, 0.3) is 0 Å². The molecule has 4 aromatic rings. The second-order valence-electron chi connectivity index (χ2n) is 8.28. The Bertz CT molecular complexity index is 1200. The van der Waals surface area contributed by atoms with E-state index >= 15 is 0 Å². The van der Waals surface area contributed by atoms with Crippen molar-refractivity contribution in [3.63, 3.8) is 0 Å². The van der Waals surface area contributed by atoms with Crippen LogP contribution in [0, 0.1) is 0 Å². The van der Waals surface area contributed by atoms with Gasteiger partial charge in [0.2, 0.25) is 5.91 Å². The van der Waals surface area contributed by atoms with Crippen molar-refractivity contribution in [2.24, 2.45) is 0 Å². The van der Waals surface area contributed by atoms with Gasteiger partial charge >= 0.3 is 0 Å². The predicted molar refractivity (Wildman–Crippen MR) is 122 cm³/mol. The zero-order chi connectivity index (χ0) is 20.5. The zero-order valence-corrected chi connectivity index (χ0v) is 17.4. The molecule has 0 radical (unpaired) electrons. The molecule has 1 atom stereocenters. The maximum Gasteiger partial charge on any atom is 0.223 e. The summed E-state index contributed by atoms with van der Waals surface area (Å²) in [6.45, 7) is 4.56. The summed E-state index contributed by atoms with van der Waals surface area (Å²) < 4.78 is 2.33. The minimum absolute atomic E-state index is 0.150. The normalized spacial score (nSPS) is 16.8. The Morgan fingerprint density at radius 2 is 1.80 bits per heavy atom. The molecule has 30 heavy (non-hydrogen) atoms. The molecule has 0 spiro atoms. The molecule has 5 rings (SSSR count). The fourth-order valence-corrected chi connectivity index (χ4v) is 4.68. The van der Waals surface area contributed by atoms with Gasteiger partial charge in [-0.25, -0.2) is 4.98 Å². The van der Waals surface area contributed by atoms with Crippen molar-refractivity contribution in [1.82, 2.24) is 14.5 Å². The Kier molecular flexibility index (Phi) is 4.99. The first-order valence-electron chi connectivity index (χ1n) is 10.9. The number of carbonyl (C=O) groups is 1. The minimum atomic E-state index is 0.150. The average molecular weight is 398 g/mol. The van der Waals surface area contributed by atoms with Gasteiger partial charge in [-0.15, -0.1) is 0 Å². The van der Waals surface area contributed by atoms with Crippen LogP contribution in [0.2, 0.25) is 0 Å². The Hall–Kier alpha value is -3.14. The number of likely N-dealkylation sites (tertiary alicyclic amines) is 1. The number of imidazole rings is 1. The molecule has 4 nitrogen and oxygen atoms in total. The lowest BCUT2D eigenvalue weighted by Gasteiger charge is -2.17. The number of hydrogen-bond acceptors (Lipinski definition) is 2. The van der Waals surface area contributed by atoms with Gasteiger partial charge in [0.15, 0.2) is 0 Å². The molecule has 1 aliphatic rings. The summed E-state index contributed by atoms with van der Waals surface area (Å²) in [6.07, 6.45) is 2.72. The number of unbranched alkanes of at least 4 members (excludes halogenated alkanes) is 1. The second-order valence-corrected chi connectivity index (χ2v) is 8.28. The molecular formula is C26H27N3O. The van der Waals surface area contributed by atoms with Crippen LogP contribution in [0.1, 0.15) is 43.5 Å². The van der Waals surface area contributed by atoms with E-state index in [2.05, 4.69) is 72.2 Å². The van der Waals surface area contributed by atoms with E-state index in [0.717, 1.165) is 49.3 Å². The third kappa shape index (κ3) is 3.36. The Morgan fingerprint density at radius 1 is 1.00 bits per heavy atom. The largest absolute Gasteiger partial charge is 0.342 e. The number of fused-ring (bicyclic) bond motifs is 2. The molecule has 1 aromatic heterocycles. The van der Waals surface area contributed by atoms with Crippen molar-refractivity contribution in [2.75, 3.05) is 13.1 Å². The standard InChI is InChI=1S/C26H27N3O/c1-2-3-15-28-17-21(16-25(28)30)26-27-23-13-6-7-14-24(23)29(26)18-20-11-8-10-19-9-4-5-12-22(19)20/h4-14,21H,2-3,15-18H2,1H3/t21-/m1/s1. The zero-order valence-electron chi connectivity index (χ0n) is 17.4. The van der Waals surface area contributed by atoms with Gasteiger partial charge in [0.1, 0.15) is 5.82 Å². The molecule has 3 aromatic carbocycles. The smallest absolute Gasteiger partial charge is 0.223 e. The van der Waals surface area contributed by atoms with Gasteiger partial charge < -0.3 is 9.47 Å². The molecule has 1 saturated heterocycles. The topological polar surface area (TPSA) is 38.1 Å². The summed E-state index contributed by atoms with van der Waals surface area (Å²) in [4.78, 5) is 19.6. The van der Waals surface area contributed by atoms with Crippen LogP contribution in [0.5, 0.6) is 0 Å². The summed E-state index contributed by atoms with van der Waals surface area (Å²) in [5.41, 5.74) is 3.43. The van der Waals surface area contributed by atoms with Crippen LogP contribution < -0.4 is 0 Å². The SMILES string of the molecule is CCCCN1C[C@H](c2nc3ccccc3n2Cc2cccc3ccccc23)CC1=O. The molecular weight excluding hydrogens is 370 g/mol. The molecule has 1 amide bonds. The number of benzene rings is 3. The van der Waals surface area contributed by atoms with E-state index in [4.69, 9.17) is 4.98 Å². The monoisotopic (exact) mass is 397 g/mol. The Morgan fingerprint density at radius 3 is 2.70 bits per heavy atom. The quantitative estimate of drug-likeness (QED) is 0.440. The molecule has 0 aliphatic carbocycles. The second kappa shape index (κ2) is 7.94. The number of para-hydroxylation sites is 2. The average Bonchev–Trinajstić information content (AvgIpc) is 3.33. The van der Waals surface area contributed by atoms with Crippen molar-refractivity contribution in [3.8, 4) is 0 Å². The van der Waals surface area contributed by atoms with E-state index in [1.165, 1.54) is 16.3 Å². The maximum absolute atomic E-state index is 12.6. The van der Waals surface area contributed by atoms with E-state index in [1.54, 1.807) is 0 Å². The highest BCUT2D eigenvalue weighted by atomic mass is 16.2. The van der Waals surface area contributed by atoms with E-state index in [0.29, 0.717) is 6.42 Å². The number of nitrogens with zero attached hydrogens (tertiary/aromatic N) is 3. The lowest BCUT2D eigenvalue weighted by atomic mass is 10.0. The van der Waals surface area contributed by atoms with Crippen LogP contribution in [0.25, 0.3) is 21.8 Å². The van der Waals surface area contributed by atoms with Crippen LogP contribution in [-0.2, 0) is 11.3 Å². The van der Waals surface area contributed by atoms with Gasteiger partial charge in [0, 0.05) is 32.0 Å². The van der Waals surface area contributed by atoms with Crippen molar-refractivity contribution in [3.05, 3.63) is 78.1 Å². The maximum atomic E-state index is 12.6. The first-order chi connectivity index (χ1) is 14.7. The highest BCUT2D eigenvalue weighted by Crippen LogP contribution is 2.32. The van der Waals surface area contributed by atoms with Gasteiger partial charge in [-0.1, -0.05) is 67.9 Å². The third-order valence-corrected chi connectivity index (χ3v) is 6.25. The van der Waals surface area contributed by atoms with Gasteiger partial charge in [-0.05, 0) is 34.9 Å². The van der Waals surface area contributed by atoms with Crippen LogP contribution in [0.4, 0.5) is 0 Å². The van der Waals surface area contributed by atoms with Crippen LogP contribution in [0.15, 0.2) is 66.7 Å². The molecule has 1 aliphatic heterocycles. The first kappa shape index (κ1) is 18.9. The van der Waals surface area contributed by atoms with Crippen molar-refractivity contribution in [2.45, 2.75) is 38.6 Å². The summed E-state index contributed by atoms with van der Waals surface area (Å²) in [7, 11) is 0. The molecule has 1 fully saturated rings. The Labute approximate surface area is 177 Å². The van der Waals surface area contributed by atoms with Gasteiger partial charge in [0.05, 0.1) is 11.0 Å². The van der Waals surface area contributed by atoms with Crippen LogP contribution in [-0.4, -0.2) is 33.4 Å². The fraction of sp³-hybridized carbons (Fsp3) is 0.308. The van der Waals surface area contributed by atoms with E-state index < -0.39 is 0 Å². The van der Waals surface area contributed by atoms with E-state index in [-0.39, 0.29) is 11.8 Å². The number of rotatable bonds is 6. The summed E-state index contributed by atoms with van der Waals surface area (Å²) in [5, 5.41) is 2.53. The highest BCUT2D eigenvalue weighted by molar-refractivity contribution is 5.86. The van der Waals surface area contributed by atoms with Gasteiger partial charge in [-0.3, -0.25) is 4.79 Å². The number of hydrogen-bond donors (Lipinski definition) is 0. The highest BCUT2D eigenvalue weighted by Gasteiger charge is 2.33. The van der Waals surface area contributed by atoms with Crippen LogP contribution in [0.3, 0.4) is 0 Å².